The van der Waals surface area contributed by atoms with Crippen molar-refractivity contribution in [1.29, 1.82) is 0 Å². The van der Waals surface area contributed by atoms with Crippen molar-refractivity contribution in [3.05, 3.63) is 21.9 Å². The molecule has 2 nitrogen and oxygen atoms in total. The lowest BCUT2D eigenvalue weighted by Gasteiger charge is -2.14. The molecule has 0 aromatic carbocycles. The zero-order valence-electron chi connectivity index (χ0n) is 8.37. The lowest BCUT2D eigenvalue weighted by atomic mass is 10.2. The third kappa shape index (κ3) is 3.10. The van der Waals surface area contributed by atoms with Crippen LogP contribution in [0.1, 0.15) is 30.3 Å². The van der Waals surface area contributed by atoms with Crippen molar-refractivity contribution < 1.29 is 5.11 Å². The van der Waals surface area contributed by atoms with Gasteiger partial charge in [-0.05, 0) is 37.8 Å². The van der Waals surface area contributed by atoms with Gasteiger partial charge in [0.15, 0.2) is 0 Å². The van der Waals surface area contributed by atoms with Crippen LogP contribution in [-0.2, 0) is 0 Å². The van der Waals surface area contributed by atoms with E-state index < -0.39 is 0 Å². The first-order valence-corrected chi connectivity index (χ1v) is 5.44. The number of thiophene rings is 1. The second kappa shape index (κ2) is 4.74. The number of hydrogen-bond acceptors (Lipinski definition) is 3. The minimum Gasteiger partial charge on any atom is -0.392 e. The molecular weight excluding hydrogens is 182 g/mol. The third-order valence-electron chi connectivity index (χ3n) is 2.01. The Morgan fingerprint density at radius 1 is 1.54 bits per heavy atom. The largest absolute Gasteiger partial charge is 0.392 e. The van der Waals surface area contributed by atoms with Gasteiger partial charge in [-0.25, -0.2) is 0 Å². The van der Waals surface area contributed by atoms with Crippen LogP contribution in [0.2, 0.25) is 0 Å². The minimum absolute atomic E-state index is 0.275. The molecule has 0 unspecified atom stereocenters. The Labute approximate surface area is 83.6 Å². The van der Waals surface area contributed by atoms with Gasteiger partial charge in [0.05, 0.1) is 6.10 Å². The summed E-state index contributed by atoms with van der Waals surface area (Å²) in [7, 11) is 0. The molecule has 2 atom stereocenters. The number of hydrogen-bond donors (Lipinski definition) is 2. The predicted octanol–water partition coefficient (Wildman–Crippen LogP) is 2.09. The summed E-state index contributed by atoms with van der Waals surface area (Å²) in [6.45, 7) is 6.69. The van der Waals surface area contributed by atoms with Crippen LogP contribution in [-0.4, -0.2) is 17.8 Å². The first-order valence-electron chi connectivity index (χ1n) is 4.56. The maximum Gasteiger partial charge on any atom is 0.0636 e. The normalized spacial score (nSPS) is 15.7. The molecule has 2 N–H and O–H groups in total. The van der Waals surface area contributed by atoms with Gasteiger partial charge in [0.1, 0.15) is 0 Å². The molecule has 0 saturated heterocycles. The summed E-state index contributed by atoms with van der Waals surface area (Å²) in [5.41, 5.74) is 1.33. The zero-order chi connectivity index (χ0) is 9.84. The topological polar surface area (TPSA) is 32.3 Å². The standard InChI is InChI=1S/C10H17NOS/c1-7-4-5-13-10(7)9(3)11-6-8(2)12/h4-5,8-9,11-12H,6H2,1-3H3/t8-,9+/m0/s1. The van der Waals surface area contributed by atoms with Gasteiger partial charge in [-0.2, -0.15) is 0 Å². The van der Waals surface area contributed by atoms with Crippen molar-refractivity contribution >= 4 is 11.3 Å². The second-order valence-electron chi connectivity index (χ2n) is 3.45. The summed E-state index contributed by atoms with van der Waals surface area (Å²) in [6, 6.07) is 2.47. The summed E-state index contributed by atoms with van der Waals surface area (Å²) < 4.78 is 0. The van der Waals surface area contributed by atoms with E-state index >= 15 is 0 Å². The highest BCUT2D eigenvalue weighted by Crippen LogP contribution is 2.23. The van der Waals surface area contributed by atoms with Crippen molar-refractivity contribution in [2.24, 2.45) is 0 Å². The highest BCUT2D eigenvalue weighted by atomic mass is 32.1. The Morgan fingerprint density at radius 3 is 2.69 bits per heavy atom. The number of aliphatic hydroxyl groups is 1. The lowest BCUT2D eigenvalue weighted by Crippen LogP contribution is -2.26. The van der Waals surface area contributed by atoms with Crippen LogP contribution in [0, 0.1) is 6.92 Å². The first-order chi connectivity index (χ1) is 6.11. The molecule has 74 valence electrons. The molecule has 1 aromatic rings. The summed E-state index contributed by atoms with van der Waals surface area (Å²) in [5.74, 6) is 0. The van der Waals surface area contributed by atoms with Crippen molar-refractivity contribution in [3.8, 4) is 0 Å². The van der Waals surface area contributed by atoms with Crippen LogP contribution in [0.4, 0.5) is 0 Å². The second-order valence-corrected chi connectivity index (χ2v) is 4.39. The van der Waals surface area contributed by atoms with Crippen LogP contribution < -0.4 is 5.32 Å². The fraction of sp³-hybridized carbons (Fsp3) is 0.600. The van der Waals surface area contributed by atoms with Crippen molar-refractivity contribution in [2.45, 2.75) is 32.9 Å². The van der Waals surface area contributed by atoms with Gasteiger partial charge in [0.2, 0.25) is 0 Å². The maximum atomic E-state index is 9.11. The Morgan fingerprint density at radius 2 is 2.23 bits per heavy atom. The van der Waals surface area contributed by atoms with Gasteiger partial charge >= 0.3 is 0 Å². The molecule has 0 aliphatic carbocycles. The minimum atomic E-state index is -0.275. The maximum absolute atomic E-state index is 9.11. The van der Waals surface area contributed by atoms with Gasteiger partial charge in [0.25, 0.3) is 0 Å². The van der Waals surface area contributed by atoms with E-state index in [1.807, 2.05) is 0 Å². The summed E-state index contributed by atoms with van der Waals surface area (Å²) in [5, 5.41) is 14.5. The summed E-state index contributed by atoms with van der Waals surface area (Å²) >= 11 is 1.77. The molecule has 13 heavy (non-hydrogen) atoms. The smallest absolute Gasteiger partial charge is 0.0636 e. The molecule has 1 aromatic heterocycles. The molecule has 0 bridgehead atoms. The molecule has 0 amide bonds. The Bertz CT molecular complexity index is 257. The zero-order valence-corrected chi connectivity index (χ0v) is 9.19. The van der Waals surface area contributed by atoms with E-state index in [0.29, 0.717) is 12.6 Å². The molecule has 1 rings (SSSR count). The summed E-state index contributed by atoms with van der Waals surface area (Å²) in [6.07, 6.45) is -0.275. The fourth-order valence-corrected chi connectivity index (χ4v) is 2.23. The average Bonchev–Trinajstić information content (AvgIpc) is 2.47. The monoisotopic (exact) mass is 199 g/mol. The molecule has 0 aliphatic heterocycles. The van der Waals surface area contributed by atoms with Crippen LogP contribution in [0.25, 0.3) is 0 Å². The number of nitrogens with one attached hydrogen (secondary N) is 1. The molecule has 1 heterocycles. The van der Waals surface area contributed by atoms with Crippen LogP contribution in [0.5, 0.6) is 0 Å². The van der Waals surface area contributed by atoms with Gasteiger partial charge in [0, 0.05) is 17.5 Å². The molecule has 0 fully saturated rings. The molecule has 0 aliphatic rings. The first kappa shape index (κ1) is 10.7. The molecule has 0 spiro atoms. The van der Waals surface area contributed by atoms with Gasteiger partial charge < -0.3 is 10.4 Å². The Kier molecular flexibility index (Phi) is 3.90. The third-order valence-corrected chi connectivity index (χ3v) is 3.22. The molecular formula is C10H17NOS. The SMILES string of the molecule is Cc1ccsc1[C@@H](C)NC[C@H](C)O. The number of rotatable bonds is 4. The predicted molar refractivity (Wildman–Crippen MR) is 57.2 cm³/mol. The molecule has 3 heteroatoms. The summed E-state index contributed by atoms with van der Waals surface area (Å²) in [4.78, 5) is 1.36. The van der Waals surface area contributed by atoms with Crippen molar-refractivity contribution in [3.63, 3.8) is 0 Å². The van der Waals surface area contributed by atoms with E-state index in [9.17, 15) is 0 Å². The quantitative estimate of drug-likeness (QED) is 0.778. The van der Waals surface area contributed by atoms with Crippen LogP contribution in [0.15, 0.2) is 11.4 Å². The number of aryl methyl sites for hydroxylation is 1. The lowest BCUT2D eigenvalue weighted by molar-refractivity contribution is 0.187. The van der Waals surface area contributed by atoms with Crippen molar-refractivity contribution in [1.82, 2.24) is 5.32 Å². The molecule has 0 radical (unpaired) electrons. The van der Waals surface area contributed by atoms with Gasteiger partial charge in [-0.1, -0.05) is 0 Å². The number of aliphatic hydroxyl groups excluding tert-OH is 1. The van der Waals surface area contributed by atoms with E-state index in [1.54, 1.807) is 18.3 Å². The van der Waals surface area contributed by atoms with E-state index in [1.165, 1.54) is 10.4 Å². The highest BCUT2D eigenvalue weighted by molar-refractivity contribution is 7.10. The fourth-order valence-electron chi connectivity index (χ4n) is 1.27. The van der Waals surface area contributed by atoms with E-state index in [4.69, 9.17) is 5.11 Å². The average molecular weight is 199 g/mol. The van der Waals surface area contributed by atoms with E-state index in [-0.39, 0.29) is 6.10 Å². The van der Waals surface area contributed by atoms with Crippen LogP contribution in [0.3, 0.4) is 0 Å². The highest BCUT2D eigenvalue weighted by Gasteiger charge is 2.09. The van der Waals surface area contributed by atoms with E-state index in [0.717, 1.165) is 0 Å². The van der Waals surface area contributed by atoms with Gasteiger partial charge in [-0.3, -0.25) is 0 Å². The van der Waals surface area contributed by atoms with Gasteiger partial charge in [-0.15, -0.1) is 11.3 Å². The van der Waals surface area contributed by atoms with E-state index in [2.05, 4.69) is 30.6 Å². The Hall–Kier alpha value is -0.380. The van der Waals surface area contributed by atoms with Crippen LogP contribution >= 0.6 is 11.3 Å². The Balaban J connectivity index is 2.49. The van der Waals surface area contributed by atoms with Crippen molar-refractivity contribution in [2.75, 3.05) is 6.54 Å². The molecule has 0 saturated carbocycles.